The molecule has 1 amide bonds. The number of thiocyanates is 1. The number of nitrogens with one attached hydrogen (secondary N) is 1. The van der Waals surface area contributed by atoms with Gasteiger partial charge in [0.1, 0.15) is 5.40 Å². The maximum Gasteiger partial charge on any atom is 0.227 e. The minimum absolute atomic E-state index is 0.107. The first-order valence-electron chi connectivity index (χ1n) is 4.76. The fourth-order valence-electron chi connectivity index (χ4n) is 1.25. The second-order valence-electron chi connectivity index (χ2n) is 3.48. The molecule has 4 heteroatoms. The number of anilines is 1. The normalized spacial score (nSPS) is 14.3. The predicted octanol–water partition coefficient (Wildman–Crippen LogP) is 2.61. The lowest BCUT2D eigenvalue weighted by Crippen LogP contribution is -2.12. The summed E-state index contributed by atoms with van der Waals surface area (Å²) in [6.45, 7) is 0. The molecule has 15 heavy (non-hydrogen) atoms. The number of amides is 1. The Hall–Kier alpha value is -1.47. The summed E-state index contributed by atoms with van der Waals surface area (Å²) in [4.78, 5) is 12.3. The fourth-order valence-corrected chi connectivity index (χ4v) is 1.63. The van der Waals surface area contributed by atoms with Gasteiger partial charge in [0.2, 0.25) is 5.91 Å². The number of hydrogen-bond acceptors (Lipinski definition) is 3. The van der Waals surface area contributed by atoms with Gasteiger partial charge in [-0.05, 0) is 48.9 Å². The minimum Gasteiger partial charge on any atom is -0.326 e. The molecule has 1 fully saturated rings. The van der Waals surface area contributed by atoms with Gasteiger partial charge in [0.25, 0.3) is 0 Å². The highest BCUT2D eigenvalue weighted by Gasteiger charge is 2.29. The first-order chi connectivity index (χ1) is 7.29. The summed E-state index contributed by atoms with van der Waals surface area (Å²) < 4.78 is 0. The molecule has 0 bridgehead atoms. The molecule has 0 atom stereocenters. The van der Waals surface area contributed by atoms with Crippen LogP contribution in [-0.2, 0) is 4.79 Å². The van der Waals surface area contributed by atoms with E-state index in [0.717, 1.165) is 35.2 Å². The van der Waals surface area contributed by atoms with Crippen LogP contribution in [0, 0.1) is 16.6 Å². The minimum atomic E-state index is 0.107. The number of carbonyl (C=O) groups is 1. The largest absolute Gasteiger partial charge is 0.326 e. The van der Waals surface area contributed by atoms with Gasteiger partial charge >= 0.3 is 0 Å². The molecule has 0 radical (unpaired) electrons. The van der Waals surface area contributed by atoms with Crippen LogP contribution in [0.5, 0.6) is 0 Å². The highest BCUT2D eigenvalue weighted by Crippen LogP contribution is 2.30. The van der Waals surface area contributed by atoms with Crippen molar-refractivity contribution in [2.45, 2.75) is 17.7 Å². The topological polar surface area (TPSA) is 52.9 Å². The molecule has 1 aromatic carbocycles. The van der Waals surface area contributed by atoms with E-state index in [1.807, 2.05) is 29.7 Å². The molecular formula is C11H10N2OS. The van der Waals surface area contributed by atoms with Crippen molar-refractivity contribution < 1.29 is 4.79 Å². The maximum absolute atomic E-state index is 11.4. The third-order valence-electron chi connectivity index (χ3n) is 2.23. The number of rotatable bonds is 3. The van der Waals surface area contributed by atoms with E-state index in [4.69, 9.17) is 5.26 Å². The molecule has 3 nitrogen and oxygen atoms in total. The summed E-state index contributed by atoms with van der Waals surface area (Å²) in [6, 6.07) is 7.30. The molecule has 76 valence electrons. The van der Waals surface area contributed by atoms with E-state index < -0.39 is 0 Å². The Bertz CT molecular complexity index is 404. The second-order valence-corrected chi connectivity index (χ2v) is 4.34. The molecule has 0 heterocycles. The monoisotopic (exact) mass is 218 g/mol. The second kappa shape index (κ2) is 4.37. The molecule has 0 unspecified atom stereocenters. The summed E-state index contributed by atoms with van der Waals surface area (Å²) in [5.41, 5.74) is 0.800. The Morgan fingerprint density at radius 3 is 2.60 bits per heavy atom. The highest BCUT2D eigenvalue weighted by molar-refractivity contribution is 8.03. The summed E-state index contributed by atoms with van der Waals surface area (Å²) in [7, 11) is 0. The summed E-state index contributed by atoms with van der Waals surface area (Å²) in [5.74, 6) is 0.328. The third-order valence-corrected chi connectivity index (χ3v) is 2.83. The van der Waals surface area contributed by atoms with Crippen molar-refractivity contribution in [1.82, 2.24) is 0 Å². The van der Waals surface area contributed by atoms with Crippen LogP contribution < -0.4 is 5.32 Å². The zero-order valence-corrected chi connectivity index (χ0v) is 8.88. The lowest BCUT2D eigenvalue weighted by Gasteiger charge is -2.03. The van der Waals surface area contributed by atoms with Gasteiger partial charge in [-0.3, -0.25) is 4.79 Å². The lowest BCUT2D eigenvalue weighted by atomic mass is 10.3. The van der Waals surface area contributed by atoms with Gasteiger partial charge in [-0.15, -0.1) is 0 Å². The van der Waals surface area contributed by atoms with Crippen LogP contribution in [0.2, 0.25) is 0 Å². The zero-order valence-electron chi connectivity index (χ0n) is 8.06. The summed E-state index contributed by atoms with van der Waals surface area (Å²) >= 11 is 1.11. The smallest absolute Gasteiger partial charge is 0.227 e. The van der Waals surface area contributed by atoms with Gasteiger partial charge < -0.3 is 5.32 Å². The summed E-state index contributed by atoms with van der Waals surface area (Å²) in [6.07, 6.45) is 2.02. The van der Waals surface area contributed by atoms with Crippen molar-refractivity contribution in [3.8, 4) is 5.40 Å². The SMILES string of the molecule is N#CSc1ccc(NC(=O)C2CC2)cc1. The van der Waals surface area contributed by atoms with Crippen LogP contribution in [0.25, 0.3) is 0 Å². The van der Waals surface area contributed by atoms with Crippen molar-refractivity contribution in [2.24, 2.45) is 5.92 Å². The lowest BCUT2D eigenvalue weighted by molar-refractivity contribution is -0.117. The van der Waals surface area contributed by atoms with E-state index in [0.29, 0.717) is 0 Å². The molecule has 1 aliphatic carbocycles. The Morgan fingerprint density at radius 2 is 2.07 bits per heavy atom. The van der Waals surface area contributed by atoms with Crippen LogP contribution in [0.4, 0.5) is 5.69 Å². The highest BCUT2D eigenvalue weighted by atomic mass is 32.2. The Kier molecular flexibility index (Phi) is 2.93. The molecule has 1 aromatic rings. The fraction of sp³-hybridized carbons (Fsp3) is 0.273. The molecule has 2 rings (SSSR count). The van der Waals surface area contributed by atoms with Gasteiger partial charge in [0.15, 0.2) is 0 Å². The number of benzene rings is 1. The van der Waals surface area contributed by atoms with Crippen LogP contribution in [-0.4, -0.2) is 5.91 Å². The van der Waals surface area contributed by atoms with Crippen molar-refractivity contribution >= 4 is 23.4 Å². The van der Waals surface area contributed by atoms with E-state index >= 15 is 0 Å². The molecule has 0 saturated heterocycles. The van der Waals surface area contributed by atoms with Crippen LogP contribution >= 0.6 is 11.8 Å². The number of thioether (sulfide) groups is 1. The van der Waals surface area contributed by atoms with Crippen molar-refractivity contribution in [1.29, 1.82) is 5.26 Å². The first-order valence-corrected chi connectivity index (χ1v) is 5.58. The van der Waals surface area contributed by atoms with E-state index in [1.165, 1.54) is 0 Å². The van der Waals surface area contributed by atoms with E-state index in [2.05, 4.69) is 5.32 Å². The van der Waals surface area contributed by atoms with E-state index in [1.54, 1.807) is 0 Å². The average molecular weight is 218 g/mol. The first kappa shape index (κ1) is 10.1. The van der Waals surface area contributed by atoms with Gasteiger partial charge in [0, 0.05) is 16.5 Å². The third kappa shape index (κ3) is 2.74. The van der Waals surface area contributed by atoms with Crippen LogP contribution in [0.1, 0.15) is 12.8 Å². The molecular weight excluding hydrogens is 208 g/mol. The number of nitriles is 1. The number of carbonyl (C=O) groups excluding carboxylic acids is 1. The summed E-state index contributed by atoms with van der Waals surface area (Å²) in [5, 5.41) is 13.3. The Labute approximate surface area is 92.5 Å². The van der Waals surface area contributed by atoms with E-state index in [9.17, 15) is 4.79 Å². The predicted molar refractivity (Wildman–Crippen MR) is 59.3 cm³/mol. The van der Waals surface area contributed by atoms with Gasteiger partial charge in [0.05, 0.1) is 0 Å². The number of nitrogens with zero attached hydrogens (tertiary/aromatic N) is 1. The quantitative estimate of drug-likeness (QED) is 0.626. The maximum atomic E-state index is 11.4. The van der Waals surface area contributed by atoms with Crippen molar-refractivity contribution in [3.05, 3.63) is 24.3 Å². The van der Waals surface area contributed by atoms with E-state index in [-0.39, 0.29) is 11.8 Å². The zero-order chi connectivity index (χ0) is 10.7. The Balaban J connectivity index is 1.97. The Morgan fingerprint density at radius 1 is 1.40 bits per heavy atom. The number of hydrogen-bond donors (Lipinski definition) is 1. The molecule has 1 saturated carbocycles. The van der Waals surface area contributed by atoms with Crippen molar-refractivity contribution in [2.75, 3.05) is 5.32 Å². The van der Waals surface area contributed by atoms with Crippen molar-refractivity contribution in [3.63, 3.8) is 0 Å². The van der Waals surface area contributed by atoms with Crippen LogP contribution in [0.3, 0.4) is 0 Å². The average Bonchev–Trinajstić information content (AvgIpc) is 3.04. The standard InChI is InChI=1S/C11H10N2OS/c12-7-15-10-5-3-9(4-6-10)13-11(14)8-1-2-8/h3-6,8H,1-2H2,(H,13,14). The van der Waals surface area contributed by atoms with Gasteiger partial charge in [-0.1, -0.05) is 0 Å². The van der Waals surface area contributed by atoms with Crippen LogP contribution in [0.15, 0.2) is 29.2 Å². The molecule has 0 spiro atoms. The molecule has 1 aliphatic rings. The van der Waals surface area contributed by atoms with Gasteiger partial charge in [-0.25, -0.2) is 0 Å². The molecule has 0 aromatic heterocycles. The van der Waals surface area contributed by atoms with Gasteiger partial charge in [-0.2, -0.15) is 5.26 Å². The molecule has 0 aliphatic heterocycles. The molecule has 1 N–H and O–H groups in total.